The third-order valence-electron chi connectivity index (χ3n) is 2.89. The number of pyridine rings is 1. The molecule has 2 rings (SSSR count). The Labute approximate surface area is 129 Å². The molecular weight excluding hydrogens is 352 g/mol. The van der Waals surface area contributed by atoms with Gasteiger partial charge in [-0.05, 0) is 28.4 Å². The Balaban J connectivity index is 2.31. The van der Waals surface area contributed by atoms with E-state index in [-0.39, 0.29) is 16.3 Å². The van der Waals surface area contributed by atoms with Crippen LogP contribution in [0.5, 0.6) is 0 Å². The number of nitrogens with zero attached hydrogens (tertiary/aromatic N) is 2. The van der Waals surface area contributed by atoms with Crippen molar-refractivity contribution in [3.63, 3.8) is 0 Å². The van der Waals surface area contributed by atoms with E-state index in [1.807, 2.05) is 6.92 Å². The zero-order chi connectivity index (χ0) is 14.2. The molecular formula is C12H12BrClN2O2S. The van der Waals surface area contributed by atoms with E-state index in [1.165, 1.54) is 18.7 Å². The number of amides is 1. The van der Waals surface area contributed by atoms with Crippen LogP contribution in [0.1, 0.15) is 18.9 Å². The fourth-order valence-corrected chi connectivity index (χ4v) is 3.56. The van der Waals surface area contributed by atoms with Crippen LogP contribution in [0.15, 0.2) is 10.7 Å². The minimum atomic E-state index is -0.0244. The predicted octanol–water partition coefficient (Wildman–Crippen LogP) is 3.19. The molecule has 0 saturated carbocycles. The summed E-state index contributed by atoms with van der Waals surface area (Å²) in [5.41, 5.74) is 1.51. The van der Waals surface area contributed by atoms with Crippen LogP contribution in [0.25, 0.3) is 0 Å². The smallest absolute Gasteiger partial charge is 0.228 e. The van der Waals surface area contributed by atoms with E-state index in [0.717, 1.165) is 10.0 Å². The first-order valence-electron chi connectivity index (χ1n) is 5.68. The Kier molecular flexibility index (Phi) is 4.53. The van der Waals surface area contributed by atoms with Gasteiger partial charge < -0.3 is 4.90 Å². The molecule has 0 radical (unpaired) electrons. The highest BCUT2D eigenvalue weighted by Crippen LogP contribution is 2.36. The van der Waals surface area contributed by atoms with E-state index in [9.17, 15) is 9.59 Å². The number of carbonyl (C=O) groups excluding carboxylic acids is 2. The lowest BCUT2D eigenvalue weighted by Crippen LogP contribution is -2.26. The molecule has 0 aromatic carbocycles. The first-order chi connectivity index (χ1) is 8.90. The lowest BCUT2D eigenvalue weighted by Gasteiger charge is -2.20. The van der Waals surface area contributed by atoms with E-state index in [0.29, 0.717) is 23.8 Å². The van der Waals surface area contributed by atoms with Crippen LogP contribution >= 0.6 is 39.3 Å². The molecule has 0 spiro atoms. The van der Waals surface area contributed by atoms with Gasteiger partial charge in [-0.2, -0.15) is 0 Å². The highest BCUT2D eigenvalue weighted by molar-refractivity contribution is 9.10. The lowest BCUT2D eigenvalue weighted by atomic mass is 10.2. The maximum atomic E-state index is 12.1. The summed E-state index contributed by atoms with van der Waals surface area (Å²) in [5.74, 6) is -0.0244. The number of hydrogen-bond donors (Lipinski definition) is 0. The third kappa shape index (κ3) is 3.12. The fraction of sp³-hybridized carbons (Fsp3) is 0.417. The van der Waals surface area contributed by atoms with Crippen LogP contribution in [0, 0.1) is 6.92 Å². The molecule has 19 heavy (non-hydrogen) atoms. The number of hydrogen-bond acceptors (Lipinski definition) is 4. The van der Waals surface area contributed by atoms with Gasteiger partial charge in [-0.25, -0.2) is 4.98 Å². The van der Waals surface area contributed by atoms with Gasteiger partial charge in [0.1, 0.15) is 0 Å². The molecule has 1 unspecified atom stereocenters. The van der Waals surface area contributed by atoms with Gasteiger partial charge in [-0.3, -0.25) is 9.59 Å². The summed E-state index contributed by atoms with van der Waals surface area (Å²) in [6.07, 6.45) is 1.97. The predicted molar refractivity (Wildman–Crippen MR) is 80.7 cm³/mol. The van der Waals surface area contributed by atoms with Crippen LogP contribution in [-0.4, -0.2) is 27.8 Å². The molecule has 4 nitrogen and oxygen atoms in total. The number of anilines is 1. The quantitative estimate of drug-likeness (QED) is 0.757. The van der Waals surface area contributed by atoms with Crippen LogP contribution in [0.3, 0.4) is 0 Å². The van der Waals surface area contributed by atoms with Crippen LogP contribution in [-0.2, 0) is 9.59 Å². The molecule has 1 amide bonds. The summed E-state index contributed by atoms with van der Waals surface area (Å²) >= 11 is 10.7. The Morgan fingerprint density at radius 3 is 2.95 bits per heavy atom. The van der Waals surface area contributed by atoms with Gasteiger partial charge in [-0.1, -0.05) is 23.4 Å². The van der Waals surface area contributed by atoms with Crippen molar-refractivity contribution in [2.45, 2.75) is 25.5 Å². The first-order valence-corrected chi connectivity index (χ1v) is 7.73. The second-order valence-electron chi connectivity index (χ2n) is 4.31. The zero-order valence-electron chi connectivity index (χ0n) is 10.4. The van der Waals surface area contributed by atoms with Crippen molar-refractivity contribution in [1.29, 1.82) is 0 Å². The molecule has 2 heterocycles. The van der Waals surface area contributed by atoms with Gasteiger partial charge in [0.15, 0.2) is 10.3 Å². The minimum Gasteiger partial charge on any atom is -0.308 e. The Bertz CT molecular complexity index is 553. The Morgan fingerprint density at radius 2 is 2.32 bits per heavy atom. The van der Waals surface area contributed by atoms with Gasteiger partial charge in [0.25, 0.3) is 0 Å². The second-order valence-corrected chi connectivity index (χ2v) is 7.00. The molecule has 0 N–H and O–H groups in total. The molecule has 1 aliphatic rings. The number of aromatic nitrogens is 1. The molecule has 7 heteroatoms. The molecule has 1 aromatic rings. The summed E-state index contributed by atoms with van der Waals surface area (Å²) in [7, 11) is 0. The highest BCUT2D eigenvalue weighted by atomic mass is 79.9. The van der Waals surface area contributed by atoms with Crippen molar-refractivity contribution in [1.82, 2.24) is 4.98 Å². The molecule has 1 atom stereocenters. The summed E-state index contributed by atoms with van der Waals surface area (Å²) in [6.45, 7) is 3.88. The number of rotatable bonds is 2. The monoisotopic (exact) mass is 362 g/mol. The third-order valence-corrected chi connectivity index (χ3v) is 4.95. The van der Waals surface area contributed by atoms with Crippen LogP contribution < -0.4 is 4.90 Å². The molecule has 1 aromatic heterocycles. The van der Waals surface area contributed by atoms with Gasteiger partial charge >= 0.3 is 0 Å². The van der Waals surface area contributed by atoms with Crippen molar-refractivity contribution in [3.8, 4) is 0 Å². The van der Waals surface area contributed by atoms with E-state index < -0.39 is 0 Å². The maximum absolute atomic E-state index is 12.1. The molecule has 0 aliphatic carbocycles. The summed E-state index contributed by atoms with van der Waals surface area (Å²) in [5, 5.41) is 0.316. The topological polar surface area (TPSA) is 50.3 Å². The first kappa shape index (κ1) is 14.8. The second kappa shape index (κ2) is 5.81. The van der Waals surface area contributed by atoms with Gasteiger partial charge in [-0.15, -0.1) is 0 Å². The minimum absolute atomic E-state index is 0.0144. The van der Waals surface area contributed by atoms with Gasteiger partial charge in [0.2, 0.25) is 5.91 Å². The van der Waals surface area contributed by atoms with Crippen molar-refractivity contribution >= 4 is 56.0 Å². The van der Waals surface area contributed by atoms with E-state index in [2.05, 4.69) is 20.9 Å². The van der Waals surface area contributed by atoms with Crippen LogP contribution in [0.4, 0.5) is 5.69 Å². The number of carbonyl (C=O) groups is 2. The Hall–Kier alpha value is -0.590. The molecule has 1 aliphatic heterocycles. The summed E-state index contributed by atoms with van der Waals surface area (Å²) < 4.78 is 0.808. The average molecular weight is 364 g/mol. The number of thioether (sulfide) groups is 1. The summed E-state index contributed by atoms with van der Waals surface area (Å²) in [6, 6.07) is 0. The van der Waals surface area contributed by atoms with E-state index in [1.54, 1.807) is 11.1 Å². The van der Waals surface area contributed by atoms with Crippen molar-refractivity contribution in [2.24, 2.45) is 0 Å². The largest absolute Gasteiger partial charge is 0.308 e. The lowest BCUT2D eigenvalue weighted by molar-refractivity contribution is -0.117. The molecule has 102 valence electrons. The fourth-order valence-electron chi connectivity index (χ4n) is 2.06. The average Bonchev–Trinajstić information content (AvgIpc) is 2.65. The van der Waals surface area contributed by atoms with E-state index in [4.69, 9.17) is 11.6 Å². The van der Waals surface area contributed by atoms with Crippen LogP contribution in [0.2, 0.25) is 5.15 Å². The zero-order valence-corrected chi connectivity index (χ0v) is 13.6. The van der Waals surface area contributed by atoms with Crippen molar-refractivity contribution in [3.05, 3.63) is 21.4 Å². The molecule has 1 saturated heterocycles. The normalized spacial score (nSPS) is 19.1. The van der Waals surface area contributed by atoms with Crippen molar-refractivity contribution < 1.29 is 9.59 Å². The highest BCUT2D eigenvalue weighted by Gasteiger charge is 2.34. The van der Waals surface area contributed by atoms with E-state index >= 15 is 0 Å². The molecule has 1 fully saturated rings. The molecule has 0 bridgehead atoms. The SMILES string of the molecule is CC(=O)SC1CC(=O)N(c2c(Cl)ncc(Br)c2C)C1. The Morgan fingerprint density at radius 1 is 1.63 bits per heavy atom. The van der Waals surface area contributed by atoms with Gasteiger partial charge in [0.05, 0.1) is 5.69 Å². The standard InChI is InChI=1S/C12H12BrClN2O2S/c1-6-9(13)4-15-12(14)11(6)16-5-8(3-10(16)18)19-7(2)17/h4,8H,3,5H2,1-2H3. The van der Waals surface area contributed by atoms with Gasteiger partial charge in [0, 0.05) is 35.8 Å². The van der Waals surface area contributed by atoms with Crippen molar-refractivity contribution in [2.75, 3.05) is 11.4 Å². The number of halogens is 2. The summed E-state index contributed by atoms with van der Waals surface area (Å²) in [4.78, 5) is 28.9. The maximum Gasteiger partial charge on any atom is 0.228 e.